The van der Waals surface area contributed by atoms with Gasteiger partial charge >= 0.3 is 0 Å². The number of likely N-dealkylation sites (tertiary alicyclic amines) is 1. The van der Waals surface area contributed by atoms with E-state index in [4.69, 9.17) is 8.94 Å². The normalized spacial score (nSPS) is 17.0. The molecule has 0 aliphatic carbocycles. The van der Waals surface area contributed by atoms with Crippen molar-refractivity contribution in [3.05, 3.63) is 46.0 Å². The minimum absolute atomic E-state index is 0.264. The molecule has 5 rings (SSSR count). The fraction of sp³-hybridized carbons (Fsp3) is 0.417. The zero-order valence-electron chi connectivity index (χ0n) is 19.3. The summed E-state index contributed by atoms with van der Waals surface area (Å²) in [4.78, 5) is 25.0. The first-order valence-electron chi connectivity index (χ1n) is 11.2. The molecule has 33 heavy (non-hydrogen) atoms. The lowest BCUT2D eigenvalue weighted by Crippen LogP contribution is -2.33. The lowest BCUT2D eigenvalue weighted by Gasteiger charge is -2.30. The van der Waals surface area contributed by atoms with E-state index in [1.54, 1.807) is 13.0 Å². The van der Waals surface area contributed by atoms with Crippen molar-refractivity contribution < 1.29 is 13.7 Å². The predicted molar refractivity (Wildman–Crippen MR) is 127 cm³/mol. The van der Waals surface area contributed by atoms with Gasteiger partial charge in [-0.05, 0) is 58.2 Å². The van der Waals surface area contributed by atoms with Crippen LogP contribution in [0, 0.1) is 26.7 Å². The van der Waals surface area contributed by atoms with Crippen molar-refractivity contribution in [3.63, 3.8) is 0 Å². The molecule has 1 N–H and O–H groups in total. The quantitative estimate of drug-likeness (QED) is 0.424. The van der Waals surface area contributed by atoms with Gasteiger partial charge in [-0.15, -0.1) is 11.3 Å². The molecule has 1 atom stereocenters. The summed E-state index contributed by atoms with van der Waals surface area (Å²) in [6, 6.07) is 3.67. The summed E-state index contributed by atoms with van der Waals surface area (Å²) < 4.78 is 11.1. The number of fused-ring (bicyclic) bond motifs is 1. The lowest BCUT2D eigenvalue weighted by atomic mass is 10.0. The molecule has 4 aromatic rings. The Labute approximate surface area is 196 Å². The number of anilines is 1. The van der Waals surface area contributed by atoms with Crippen molar-refractivity contribution in [2.45, 2.75) is 47.1 Å². The maximum atomic E-state index is 13.3. The van der Waals surface area contributed by atoms with E-state index in [9.17, 15) is 4.79 Å². The largest absolute Gasteiger partial charge is 0.466 e. The first-order chi connectivity index (χ1) is 15.9. The molecular formula is C24H27N5O3S. The number of nitrogens with one attached hydrogen (secondary N) is 1. The van der Waals surface area contributed by atoms with Gasteiger partial charge in [0.1, 0.15) is 11.5 Å². The first-order valence-corrected chi connectivity index (χ1v) is 12.1. The Morgan fingerprint density at radius 3 is 2.88 bits per heavy atom. The highest BCUT2D eigenvalue weighted by atomic mass is 32.1. The van der Waals surface area contributed by atoms with Crippen molar-refractivity contribution in [2.75, 3.05) is 18.4 Å². The molecule has 1 unspecified atom stereocenters. The zero-order valence-corrected chi connectivity index (χ0v) is 20.1. The number of carbonyl (C=O) groups is 1. The van der Waals surface area contributed by atoms with Gasteiger partial charge < -0.3 is 8.94 Å². The smallest absolute Gasteiger partial charge is 0.259 e. The molecule has 1 aliphatic rings. The Kier molecular flexibility index (Phi) is 5.76. The average molecular weight is 466 g/mol. The molecule has 0 saturated carbocycles. The van der Waals surface area contributed by atoms with E-state index in [0.717, 1.165) is 42.4 Å². The number of rotatable bonds is 5. The number of hydrogen-bond acceptors (Lipinski definition) is 8. The Morgan fingerprint density at radius 1 is 1.27 bits per heavy atom. The van der Waals surface area contributed by atoms with E-state index >= 15 is 0 Å². The van der Waals surface area contributed by atoms with Crippen LogP contribution in [0.5, 0.6) is 0 Å². The first kappa shape index (κ1) is 21.8. The number of thiazole rings is 1. The van der Waals surface area contributed by atoms with Crippen LogP contribution in [0.4, 0.5) is 5.13 Å². The van der Waals surface area contributed by atoms with Crippen LogP contribution in [-0.2, 0) is 6.54 Å². The molecule has 1 saturated heterocycles. The van der Waals surface area contributed by atoms with E-state index < -0.39 is 0 Å². The maximum Gasteiger partial charge on any atom is 0.259 e. The van der Waals surface area contributed by atoms with Gasteiger partial charge in [-0.1, -0.05) is 12.1 Å². The Morgan fingerprint density at radius 2 is 2.12 bits per heavy atom. The van der Waals surface area contributed by atoms with Gasteiger partial charge in [0.15, 0.2) is 5.13 Å². The van der Waals surface area contributed by atoms with Crippen LogP contribution in [0.2, 0.25) is 0 Å². The zero-order chi connectivity index (χ0) is 23.1. The van der Waals surface area contributed by atoms with Crippen LogP contribution >= 0.6 is 11.3 Å². The minimum Gasteiger partial charge on any atom is -0.466 e. The second-order valence-corrected chi connectivity index (χ2v) is 9.77. The number of carbonyl (C=O) groups excluding carboxylic acids is 1. The summed E-state index contributed by atoms with van der Waals surface area (Å²) in [5, 5.41) is 10.2. The number of hydrogen-bond donors (Lipinski definition) is 1. The van der Waals surface area contributed by atoms with Crippen LogP contribution in [0.3, 0.4) is 0 Å². The highest BCUT2D eigenvalue weighted by Crippen LogP contribution is 2.31. The molecule has 1 amide bonds. The van der Waals surface area contributed by atoms with Crippen molar-refractivity contribution in [3.8, 4) is 11.3 Å². The molecule has 4 aromatic heterocycles. The third-order valence-corrected chi connectivity index (χ3v) is 6.88. The maximum absolute atomic E-state index is 13.3. The molecule has 0 radical (unpaired) electrons. The SMILES string of the molecule is Cc1cc(-c2cc(C(=O)Nc3nc(CN4CCCC(C)C4)cs3)c3c(C)noc3n2)c(C)o1. The molecular weight excluding hydrogens is 438 g/mol. The van der Waals surface area contributed by atoms with Crippen LogP contribution in [-0.4, -0.2) is 39.0 Å². The topological polar surface area (TPSA) is 97.3 Å². The number of furan rings is 1. The summed E-state index contributed by atoms with van der Waals surface area (Å²) in [5.41, 5.74) is 3.81. The number of pyridine rings is 1. The summed E-state index contributed by atoms with van der Waals surface area (Å²) >= 11 is 1.44. The summed E-state index contributed by atoms with van der Waals surface area (Å²) in [6.07, 6.45) is 2.51. The van der Waals surface area contributed by atoms with Crippen LogP contribution in [0.25, 0.3) is 22.4 Å². The predicted octanol–water partition coefficient (Wildman–Crippen LogP) is 5.35. The molecule has 172 valence electrons. The highest BCUT2D eigenvalue weighted by Gasteiger charge is 2.22. The monoisotopic (exact) mass is 465 g/mol. The van der Waals surface area contributed by atoms with Gasteiger partial charge in [0, 0.05) is 24.0 Å². The van der Waals surface area contributed by atoms with Crippen molar-refractivity contribution in [1.29, 1.82) is 0 Å². The number of aromatic nitrogens is 3. The number of piperidine rings is 1. The molecule has 0 spiro atoms. The van der Waals surface area contributed by atoms with E-state index in [1.165, 1.54) is 24.2 Å². The fourth-order valence-electron chi connectivity index (χ4n) is 4.56. The van der Waals surface area contributed by atoms with Crippen LogP contribution in [0.15, 0.2) is 26.5 Å². The van der Waals surface area contributed by atoms with Crippen LogP contribution < -0.4 is 5.32 Å². The number of aryl methyl sites for hydroxylation is 3. The number of amides is 1. The summed E-state index contributed by atoms with van der Waals surface area (Å²) in [6.45, 7) is 10.9. The minimum atomic E-state index is -0.264. The second-order valence-electron chi connectivity index (χ2n) is 8.91. The molecule has 9 heteroatoms. The standard InChI is InChI=1S/C24H27N5O3S/c1-13-6-5-7-29(10-13)11-17-12-33-24(25-17)27-22(30)19-9-20(18-8-14(2)31-16(18)4)26-23-21(19)15(3)28-32-23/h8-9,12-13H,5-7,10-11H2,1-4H3,(H,25,27,30). The van der Waals surface area contributed by atoms with Gasteiger partial charge in [-0.3, -0.25) is 15.0 Å². The average Bonchev–Trinajstić information content (AvgIpc) is 3.46. The molecule has 0 aromatic carbocycles. The Bertz CT molecular complexity index is 1320. The molecule has 1 aliphatic heterocycles. The molecule has 1 fully saturated rings. The van der Waals surface area contributed by atoms with E-state index in [2.05, 4.69) is 32.3 Å². The van der Waals surface area contributed by atoms with Gasteiger partial charge in [-0.2, -0.15) is 0 Å². The van der Waals surface area contributed by atoms with E-state index in [1.807, 2.05) is 25.3 Å². The molecule has 8 nitrogen and oxygen atoms in total. The second kappa shape index (κ2) is 8.72. The van der Waals surface area contributed by atoms with Crippen molar-refractivity contribution >= 4 is 33.5 Å². The third kappa shape index (κ3) is 4.43. The van der Waals surface area contributed by atoms with Gasteiger partial charge in [-0.25, -0.2) is 9.97 Å². The van der Waals surface area contributed by atoms with Crippen LogP contribution in [0.1, 0.15) is 53.0 Å². The van der Waals surface area contributed by atoms with Crippen molar-refractivity contribution in [1.82, 2.24) is 20.0 Å². The van der Waals surface area contributed by atoms with E-state index in [0.29, 0.717) is 39.1 Å². The summed E-state index contributed by atoms with van der Waals surface area (Å²) in [7, 11) is 0. The molecule has 5 heterocycles. The number of nitrogens with zero attached hydrogens (tertiary/aromatic N) is 4. The fourth-order valence-corrected chi connectivity index (χ4v) is 5.25. The Balaban J connectivity index is 1.41. The van der Waals surface area contributed by atoms with Gasteiger partial charge in [0.25, 0.3) is 11.6 Å². The Hall–Kier alpha value is -3.04. The highest BCUT2D eigenvalue weighted by molar-refractivity contribution is 7.14. The van der Waals surface area contributed by atoms with E-state index in [-0.39, 0.29) is 5.91 Å². The van der Waals surface area contributed by atoms with Crippen molar-refractivity contribution in [2.24, 2.45) is 5.92 Å². The summed E-state index contributed by atoms with van der Waals surface area (Å²) in [5.74, 6) is 1.97. The molecule has 0 bridgehead atoms. The van der Waals surface area contributed by atoms with Gasteiger partial charge in [0.05, 0.1) is 28.0 Å². The lowest BCUT2D eigenvalue weighted by molar-refractivity contribution is 0.102. The van der Waals surface area contributed by atoms with Gasteiger partial charge in [0.2, 0.25) is 0 Å². The third-order valence-electron chi connectivity index (χ3n) is 6.08.